The molecule has 1 saturated heterocycles. The number of fused-ring (bicyclic) bond motifs is 1. The van der Waals surface area contributed by atoms with E-state index in [1.165, 1.54) is 4.90 Å². The van der Waals surface area contributed by atoms with E-state index < -0.39 is 19.1 Å². The van der Waals surface area contributed by atoms with E-state index in [-0.39, 0.29) is 18.2 Å². The monoisotopic (exact) mass is 357 g/mol. The number of carbonyl (C=O) groups excluding carboxylic acids is 2. The molecule has 2 aromatic rings. The number of amides is 3. The number of hydrogen-bond acceptors (Lipinski definition) is 5. The van der Waals surface area contributed by atoms with E-state index in [1.807, 2.05) is 6.07 Å². The maximum Gasteiger partial charge on any atom is 0.475 e. The first-order valence-corrected chi connectivity index (χ1v) is 8.38. The molecule has 9 heteroatoms. The zero-order valence-corrected chi connectivity index (χ0v) is 14.1. The summed E-state index contributed by atoms with van der Waals surface area (Å²) in [6.45, 7) is 0.193. The predicted octanol–water partition coefficient (Wildman–Crippen LogP) is 0.670. The average molecular weight is 357 g/mol. The molecule has 1 aliphatic rings. The minimum atomic E-state index is -1.58. The average Bonchev–Trinajstić information content (AvgIpc) is 3.10. The van der Waals surface area contributed by atoms with Crippen LogP contribution in [-0.4, -0.2) is 58.1 Å². The van der Waals surface area contributed by atoms with Crippen LogP contribution in [0.4, 0.5) is 10.5 Å². The maximum atomic E-state index is 12.2. The minimum Gasteiger partial charge on any atom is -0.508 e. The number of phenols is 1. The highest BCUT2D eigenvalue weighted by Crippen LogP contribution is 2.26. The molecule has 1 aliphatic heterocycles. The van der Waals surface area contributed by atoms with Crippen LogP contribution in [0, 0.1) is 0 Å². The molecule has 0 unspecified atom stereocenters. The number of urea groups is 1. The molecule has 0 saturated carbocycles. The van der Waals surface area contributed by atoms with Crippen molar-refractivity contribution >= 4 is 35.5 Å². The summed E-state index contributed by atoms with van der Waals surface area (Å²) < 4.78 is 0. The van der Waals surface area contributed by atoms with Crippen molar-refractivity contribution in [3.05, 3.63) is 36.4 Å². The molecule has 8 nitrogen and oxygen atoms in total. The van der Waals surface area contributed by atoms with Gasteiger partial charge < -0.3 is 30.7 Å². The van der Waals surface area contributed by atoms with Crippen molar-refractivity contribution < 1.29 is 24.7 Å². The third-order valence-electron chi connectivity index (χ3n) is 4.48. The second-order valence-corrected chi connectivity index (χ2v) is 6.23. The van der Waals surface area contributed by atoms with Gasteiger partial charge in [-0.25, -0.2) is 4.79 Å². The maximum absolute atomic E-state index is 12.2. The molecule has 136 valence electrons. The fourth-order valence-electron chi connectivity index (χ4n) is 3.21. The Hall–Kier alpha value is -2.78. The van der Waals surface area contributed by atoms with Crippen LogP contribution in [0.1, 0.15) is 12.8 Å². The first kappa shape index (κ1) is 18.0. The number of likely N-dealkylation sites (tertiary alicyclic amines) is 1. The van der Waals surface area contributed by atoms with Crippen LogP contribution in [0.15, 0.2) is 36.4 Å². The first-order valence-electron chi connectivity index (χ1n) is 8.38. The molecule has 3 rings (SSSR count). The van der Waals surface area contributed by atoms with E-state index in [0.717, 1.165) is 5.39 Å². The van der Waals surface area contributed by atoms with Crippen molar-refractivity contribution in [1.29, 1.82) is 0 Å². The molecule has 0 bridgehead atoms. The second-order valence-electron chi connectivity index (χ2n) is 6.23. The molecule has 0 spiro atoms. The summed E-state index contributed by atoms with van der Waals surface area (Å²) in [5.74, 6) is -0.912. The van der Waals surface area contributed by atoms with Crippen LogP contribution in [0.2, 0.25) is 0 Å². The van der Waals surface area contributed by atoms with Gasteiger partial charge in [0.05, 0.1) is 18.2 Å². The van der Waals surface area contributed by atoms with Gasteiger partial charge in [-0.2, -0.15) is 0 Å². The summed E-state index contributed by atoms with van der Waals surface area (Å²) in [5, 5.41) is 34.9. The van der Waals surface area contributed by atoms with Crippen molar-refractivity contribution in [2.45, 2.75) is 18.8 Å². The normalized spacial score (nSPS) is 16.5. The van der Waals surface area contributed by atoms with Gasteiger partial charge in [0.2, 0.25) is 5.91 Å². The Morgan fingerprint density at radius 3 is 2.81 bits per heavy atom. The number of hydrogen-bond donors (Lipinski definition) is 5. The van der Waals surface area contributed by atoms with Crippen LogP contribution in [-0.2, 0) is 4.79 Å². The molecule has 0 aromatic heterocycles. The third-order valence-corrected chi connectivity index (χ3v) is 4.48. The zero-order valence-electron chi connectivity index (χ0n) is 14.1. The first-order chi connectivity index (χ1) is 12.5. The highest BCUT2D eigenvalue weighted by molar-refractivity contribution is 6.43. The molecule has 1 atom stereocenters. The van der Waals surface area contributed by atoms with E-state index in [2.05, 4.69) is 10.6 Å². The molecule has 26 heavy (non-hydrogen) atoms. The minimum absolute atomic E-state index is 0.0879. The van der Waals surface area contributed by atoms with E-state index in [0.29, 0.717) is 30.5 Å². The second kappa shape index (κ2) is 7.63. The Kier molecular flexibility index (Phi) is 5.29. The number of phenolic OH excluding ortho intramolecular Hbond substituents is 1. The highest BCUT2D eigenvalue weighted by Gasteiger charge is 2.36. The molecule has 1 fully saturated rings. The summed E-state index contributed by atoms with van der Waals surface area (Å²) in [7, 11) is -1.58. The topological polar surface area (TPSA) is 122 Å². The van der Waals surface area contributed by atoms with Gasteiger partial charge in [0, 0.05) is 11.9 Å². The summed E-state index contributed by atoms with van der Waals surface area (Å²) in [5.41, 5.74) is 0.508. The SMILES string of the molecule is O=C(NCC(=O)N1CCC[C@H]1B(O)O)Nc1cccc2ccc(O)cc12. The Morgan fingerprint density at radius 1 is 1.23 bits per heavy atom. The molecule has 5 N–H and O–H groups in total. The van der Waals surface area contributed by atoms with Gasteiger partial charge in [0.15, 0.2) is 0 Å². The summed E-state index contributed by atoms with van der Waals surface area (Å²) in [6.07, 6.45) is 1.22. The van der Waals surface area contributed by atoms with Crippen LogP contribution < -0.4 is 10.6 Å². The van der Waals surface area contributed by atoms with Crippen LogP contribution in [0.5, 0.6) is 5.75 Å². The zero-order chi connectivity index (χ0) is 18.7. The standard InChI is InChI=1S/C17H20BN3O5/c22-12-7-6-11-3-1-4-14(13(11)9-12)20-17(24)19-10-16(23)21-8-2-5-15(21)18(25)26/h1,3-4,6-7,9,15,22,25-26H,2,5,8,10H2,(H2,19,20,24)/t15-/m0/s1. The van der Waals surface area contributed by atoms with E-state index >= 15 is 0 Å². The van der Waals surface area contributed by atoms with Crippen molar-refractivity contribution in [2.75, 3.05) is 18.4 Å². The molecule has 1 heterocycles. The summed E-state index contributed by atoms with van der Waals surface area (Å²) in [6, 6.07) is 9.62. The van der Waals surface area contributed by atoms with E-state index in [4.69, 9.17) is 0 Å². The lowest BCUT2D eigenvalue weighted by molar-refractivity contribution is -0.130. The number of benzene rings is 2. The van der Waals surface area contributed by atoms with Crippen molar-refractivity contribution in [2.24, 2.45) is 0 Å². The van der Waals surface area contributed by atoms with Crippen LogP contribution >= 0.6 is 0 Å². The number of nitrogens with one attached hydrogen (secondary N) is 2. The van der Waals surface area contributed by atoms with E-state index in [9.17, 15) is 24.7 Å². The van der Waals surface area contributed by atoms with Gasteiger partial charge in [-0.3, -0.25) is 4.79 Å². The van der Waals surface area contributed by atoms with Crippen LogP contribution in [0.3, 0.4) is 0 Å². The van der Waals surface area contributed by atoms with Gasteiger partial charge in [-0.05, 0) is 36.4 Å². The number of aromatic hydroxyl groups is 1. The fourth-order valence-corrected chi connectivity index (χ4v) is 3.21. The van der Waals surface area contributed by atoms with Crippen molar-refractivity contribution in [1.82, 2.24) is 10.2 Å². The lowest BCUT2D eigenvalue weighted by Crippen LogP contribution is -2.49. The van der Waals surface area contributed by atoms with Crippen molar-refractivity contribution in [3.8, 4) is 5.75 Å². The van der Waals surface area contributed by atoms with Gasteiger partial charge in [-0.15, -0.1) is 0 Å². The molecule has 2 aromatic carbocycles. The predicted molar refractivity (Wildman–Crippen MR) is 97.6 cm³/mol. The van der Waals surface area contributed by atoms with Gasteiger partial charge in [0.25, 0.3) is 0 Å². The quantitative estimate of drug-likeness (QED) is 0.515. The third kappa shape index (κ3) is 3.89. The molecule has 3 amide bonds. The lowest BCUT2D eigenvalue weighted by atomic mass is 9.78. The molecular formula is C17H20BN3O5. The lowest BCUT2D eigenvalue weighted by Gasteiger charge is -2.24. The smallest absolute Gasteiger partial charge is 0.475 e. The largest absolute Gasteiger partial charge is 0.508 e. The van der Waals surface area contributed by atoms with E-state index in [1.54, 1.807) is 30.3 Å². The van der Waals surface area contributed by atoms with Gasteiger partial charge in [0.1, 0.15) is 5.75 Å². The van der Waals surface area contributed by atoms with Crippen LogP contribution in [0.25, 0.3) is 10.8 Å². The Balaban J connectivity index is 1.61. The fraction of sp³-hybridized carbons (Fsp3) is 0.294. The Morgan fingerprint density at radius 2 is 2.04 bits per heavy atom. The molecule has 0 radical (unpaired) electrons. The summed E-state index contributed by atoms with van der Waals surface area (Å²) in [4.78, 5) is 25.7. The van der Waals surface area contributed by atoms with Gasteiger partial charge in [-0.1, -0.05) is 18.2 Å². The highest BCUT2D eigenvalue weighted by atomic mass is 16.4. The Labute approximate surface area is 150 Å². The molecular weight excluding hydrogens is 337 g/mol. The Bertz CT molecular complexity index is 829. The molecule has 0 aliphatic carbocycles. The number of anilines is 1. The number of nitrogens with zero attached hydrogens (tertiary/aromatic N) is 1. The number of rotatable bonds is 4. The van der Waals surface area contributed by atoms with Gasteiger partial charge >= 0.3 is 13.1 Å². The number of carbonyl (C=O) groups is 2. The van der Waals surface area contributed by atoms with Crippen molar-refractivity contribution in [3.63, 3.8) is 0 Å². The summed E-state index contributed by atoms with van der Waals surface area (Å²) >= 11 is 0.